The largest absolute Gasteiger partial charge is 0.324 e. The van der Waals surface area contributed by atoms with Crippen molar-refractivity contribution in [3.63, 3.8) is 0 Å². The number of benzene rings is 1. The van der Waals surface area contributed by atoms with Crippen molar-refractivity contribution in [3.8, 4) is 0 Å². The molecule has 0 fully saturated rings. The highest BCUT2D eigenvalue weighted by atomic mass is 16.2. The molecule has 0 saturated heterocycles. The lowest BCUT2D eigenvalue weighted by atomic mass is 10.1. The van der Waals surface area contributed by atoms with E-state index in [1.165, 1.54) is 0 Å². The lowest BCUT2D eigenvalue weighted by Gasteiger charge is -2.17. The Bertz CT molecular complexity index is 618. The molecule has 17 heavy (non-hydrogen) atoms. The molecule has 0 saturated carbocycles. The van der Waals surface area contributed by atoms with E-state index in [1.54, 1.807) is 32.0 Å². The van der Waals surface area contributed by atoms with Gasteiger partial charge in [-0.3, -0.25) is 4.79 Å². The first-order valence-corrected chi connectivity index (χ1v) is 5.18. The molecule has 2 aromatic rings. The van der Waals surface area contributed by atoms with Gasteiger partial charge >= 0.3 is 5.69 Å². The molecule has 0 spiro atoms. The van der Waals surface area contributed by atoms with Gasteiger partial charge in [-0.05, 0) is 32.0 Å². The SMILES string of the molecule is CC(C)(N)C(=O)Nc1ccc2[nH]c(=O)[nH]c2c1. The number of carbonyl (C=O) groups is 1. The summed E-state index contributed by atoms with van der Waals surface area (Å²) in [6.45, 7) is 3.25. The normalized spacial score (nSPS) is 11.7. The fourth-order valence-corrected chi connectivity index (χ4v) is 1.40. The fraction of sp³-hybridized carbons (Fsp3) is 0.273. The number of fused-ring (bicyclic) bond motifs is 1. The van der Waals surface area contributed by atoms with Crippen LogP contribution in [0, 0.1) is 0 Å². The summed E-state index contributed by atoms with van der Waals surface area (Å²) in [6, 6.07) is 5.10. The van der Waals surface area contributed by atoms with Crippen LogP contribution >= 0.6 is 0 Å². The van der Waals surface area contributed by atoms with Crippen molar-refractivity contribution in [2.45, 2.75) is 19.4 Å². The molecule has 1 aromatic carbocycles. The average Bonchev–Trinajstić information content (AvgIpc) is 2.55. The number of aromatic amines is 2. The van der Waals surface area contributed by atoms with Crippen LogP contribution in [-0.2, 0) is 4.79 Å². The smallest absolute Gasteiger partial charge is 0.323 e. The van der Waals surface area contributed by atoms with Crippen LogP contribution in [-0.4, -0.2) is 21.4 Å². The van der Waals surface area contributed by atoms with E-state index in [1.807, 2.05) is 0 Å². The van der Waals surface area contributed by atoms with Crippen molar-refractivity contribution in [3.05, 3.63) is 28.7 Å². The minimum absolute atomic E-state index is 0.275. The first kappa shape index (κ1) is 11.4. The zero-order chi connectivity index (χ0) is 12.6. The summed E-state index contributed by atoms with van der Waals surface area (Å²) in [5.41, 5.74) is 6.38. The van der Waals surface area contributed by atoms with Crippen LogP contribution in [0.1, 0.15) is 13.8 Å². The third kappa shape index (κ3) is 2.36. The van der Waals surface area contributed by atoms with Gasteiger partial charge in [0.05, 0.1) is 16.6 Å². The lowest BCUT2D eigenvalue weighted by molar-refractivity contribution is -0.120. The standard InChI is InChI=1S/C11H14N4O2/c1-11(2,12)9(16)13-6-3-4-7-8(5-6)15-10(17)14-7/h3-5H,12H2,1-2H3,(H,13,16)(H2,14,15,17). The average molecular weight is 234 g/mol. The molecule has 1 amide bonds. The highest BCUT2D eigenvalue weighted by molar-refractivity contribution is 5.98. The molecule has 90 valence electrons. The molecule has 0 aliphatic carbocycles. The van der Waals surface area contributed by atoms with Gasteiger partial charge < -0.3 is 21.0 Å². The Hall–Kier alpha value is -2.08. The maximum Gasteiger partial charge on any atom is 0.323 e. The number of nitrogens with two attached hydrogens (primary N) is 1. The summed E-state index contributed by atoms with van der Waals surface area (Å²) in [4.78, 5) is 28.0. The molecule has 0 unspecified atom stereocenters. The van der Waals surface area contributed by atoms with E-state index >= 15 is 0 Å². The molecule has 2 rings (SSSR count). The topological polar surface area (TPSA) is 104 Å². The zero-order valence-electron chi connectivity index (χ0n) is 9.63. The highest BCUT2D eigenvalue weighted by Crippen LogP contribution is 2.15. The quantitative estimate of drug-likeness (QED) is 0.609. The summed E-state index contributed by atoms with van der Waals surface area (Å²) in [5.74, 6) is -0.283. The third-order valence-corrected chi connectivity index (χ3v) is 2.36. The van der Waals surface area contributed by atoms with Gasteiger partial charge in [0.2, 0.25) is 5.91 Å². The van der Waals surface area contributed by atoms with E-state index in [2.05, 4.69) is 15.3 Å². The Labute approximate surface area is 97.2 Å². The van der Waals surface area contributed by atoms with E-state index in [0.29, 0.717) is 16.7 Å². The molecule has 6 heteroatoms. The number of aromatic nitrogens is 2. The van der Waals surface area contributed by atoms with Crippen molar-refractivity contribution in [2.24, 2.45) is 5.73 Å². The Morgan fingerprint density at radius 2 is 1.94 bits per heavy atom. The number of hydrogen-bond donors (Lipinski definition) is 4. The van der Waals surface area contributed by atoms with Crippen LogP contribution in [0.25, 0.3) is 11.0 Å². The molecular formula is C11H14N4O2. The fourth-order valence-electron chi connectivity index (χ4n) is 1.40. The van der Waals surface area contributed by atoms with Gasteiger partial charge in [0.1, 0.15) is 0 Å². The minimum Gasteiger partial charge on any atom is -0.324 e. The molecule has 1 aromatic heterocycles. The number of rotatable bonds is 2. The number of H-pyrrole nitrogens is 2. The van der Waals surface area contributed by atoms with Gasteiger partial charge in [-0.2, -0.15) is 0 Å². The van der Waals surface area contributed by atoms with Gasteiger partial charge in [0, 0.05) is 5.69 Å². The second kappa shape index (κ2) is 3.74. The maximum atomic E-state index is 11.7. The Kier molecular flexibility index (Phi) is 2.51. The summed E-state index contributed by atoms with van der Waals surface area (Å²) >= 11 is 0. The highest BCUT2D eigenvalue weighted by Gasteiger charge is 2.21. The molecule has 0 atom stereocenters. The van der Waals surface area contributed by atoms with E-state index in [4.69, 9.17) is 5.73 Å². The summed E-state index contributed by atoms with van der Waals surface area (Å²) in [6.07, 6.45) is 0. The van der Waals surface area contributed by atoms with Gasteiger partial charge in [-0.15, -0.1) is 0 Å². The third-order valence-electron chi connectivity index (χ3n) is 2.36. The number of amides is 1. The van der Waals surface area contributed by atoms with E-state index < -0.39 is 5.54 Å². The van der Waals surface area contributed by atoms with Crippen molar-refractivity contribution in [2.75, 3.05) is 5.32 Å². The zero-order valence-corrected chi connectivity index (χ0v) is 9.63. The van der Waals surface area contributed by atoms with Crippen LogP contribution in [0.4, 0.5) is 5.69 Å². The van der Waals surface area contributed by atoms with Crippen molar-refractivity contribution >= 4 is 22.6 Å². The number of carbonyl (C=O) groups excluding carboxylic acids is 1. The van der Waals surface area contributed by atoms with Crippen molar-refractivity contribution < 1.29 is 4.79 Å². The second-order valence-electron chi connectivity index (χ2n) is 4.52. The van der Waals surface area contributed by atoms with E-state index in [9.17, 15) is 9.59 Å². The molecule has 0 bridgehead atoms. The first-order chi connectivity index (χ1) is 7.86. The molecule has 6 nitrogen and oxygen atoms in total. The van der Waals surface area contributed by atoms with E-state index in [-0.39, 0.29) is 11.6 Å². The predicted octanol–water partition coefficient (Wildman–Crippen LogP) is 0.532. The van der Waals surface area contributed by atoms with Crippen LogP contribution in [0.15, 0.2) is 23.0 Å². The number of nitrogens with one attached hydrogen (secondary N) is 3. The van der Waals surface area contributed by atoms with Gasteiger partial charge in [-0.1, -0.05) is 0 Å². The summed E-state index contributed by atoms with van der Waals surface area (Å²) in [7, 11) is 0. The minimum atomic E-state index is -0.944. The van der Waals surface area contributed by atoms with Crippen LogP contribution in [0.5, 0.6) is 0 Å². The molecular weight excluding hydrogens is 220 g/mol. The molecule has 5 N–H and O–H groups in total. The maximum absolute atomic E-state index is 11.7. The number of anilines is 1. The molecule has 0 aliphatic heterocycles. The summed E-state index contributed by atoms with van der Waals surface area (Å²) in [5, 5.41) is 2.68. The van der Waals surface area contributed by atoms with Crippen LogP contribution in [0.3, 0.4) is 0 Å². The van der Waals surface area contributed by atoms with Crippen LogP contribution < -0.4 is 16.7 Å². The lowest BCUT2D eigenvalue weighted by Crippen LogP contribution is -2.45. The van der Waals surface area contributed by atoms with Crippen molar-refractivity contribution in [1.82, 2.24) is 9.97 Å². The Morgan fingerprint density at radius 1 is 1.29 bits per heavy atom. The molecule has 0 radical (unpaired) electrons. The van der Waals surface area contributed by atoms with Crippen LogP contribution in [0.2, 0.25) is 0 Å². The Balaban J connectivity index is 2.31. The second-order valence-corrected chi connectivity index (χ2v) is 4.52. The van der Waals surface area contributed by atoms with Gasteiger partial charge in [0.25, 0.3) is 0 Å². The first-order valence-electron chi connectivity index (χ1n) is 5.18. The summed E-state index contributed by atoms with van der Waals surface area (Å²) < 4.78 is 0. The molecule has 1 heterocycles. The van der Waals surface area contributed by atoms with Gasteiger partial charge in [0.15, 0.2) is 0 Å². The Morgan fingerprint density at radius 3 is 2.59 bits per heavy atom. The van der Waals surface area contributed by atoms with E-state index in [0.717, 1.165) is 0 Å². The number of imidazole rings is 1. The number of hydrogen-bond acceptors (Lipinski definition) is 3. The van der Waals surface area contributed by atoms with Gasteiger partial charge in [-0.25, -0.2) is 4.79 Å². The predicted molar refractivity (Wildman–Crippen MR) is 65.8 cm³/mol. The van der Waals surface area contributed by atoms with Crippen molar-refractivity contribution in [1.29, 1.82) is 0 Å². The molecule has 0 aliphatic rings. The monoisotopic (exact) mass is 234 g/mol.